The summed E-state index contributed by atoms with van der Waals surface area (Å²) in [6, 6.07) is 3.38. The standard InChI is InChI=1S/C15H21NO5/c1-5-6-7-12(16(17)18)8-11-9-13(19-2)15(21-4)14(10-11)20-3/h8-10H,5-7H2,1-4H3. The summed E-state index contributed by atoms with van der Waals surface area (Å²) in [6.45, 7) is 2.00. The molecule has 1 rings (SSSR count). The Balaban J connectivity index is 3.25. The molecule has 0 heterocycles. The molecule has 0 unspecified atom stereocenters. The van der Waals surface area contributed by atoms with Crippen molar-refractivity contribution in [1.82, 2.24) is 0 Å². The molecule has 0 amide bonds. The highest BCUT2D eigenvalue weighted by atomic mass is 16.6. The fourth-order valence-corrected chi connectivity index (χ4v) is 1.95. The van der Waals surface area contributed by atoms with Gasteiger partial charge in [0.1, 0.15) is 0 Å². The molecule has 1 aromatic carbocycles. The van der Waals surface area contributed by atoms with Crippen LogP contribution < -0.4 is 14.2 Å². The lowest BCUT2D eigenvalue weighted by molar-refractivity contribution is -0.426. The number of ether oxygens (including phenoxy) is 3. The molecule has 0 atom stereocenters. The first kappa shape index (κ1) is 16.8. The Labute approximate surface area is 124 Å². The summed E-state index contributed by atoms with van der Waals surface area (Å²) in [7, 11) is 4.53. The lowest BCUT2D eigenvalue weighted by Gasteiger charge is -2.12. The number of hydrogen-bond donors (Lipinski definition) is 0. The number of hydrogen-bond acceptors (Lipinski definition) is 5. The minimum atomic E-state index is -0.348. The fraction of sp³-hybridized carbons (Fsp3) is 0.467. The summed E-state index contributed by atoms with van der Waals surface area (Å²) in [5.41, 5.74) is 0.818. The number of unbranched alkanes of at least 4 members (excludes halogenated alkanes) is 1. The highest BCUT2D eigenvalue weighted by molar-refractivity contribution is 5.62. The van der Waals surface area contributed by atoms with E-state index in [0.29, 0.717) is 29.2 Å². The molecule has 0 saturated carbocycles. The van der Waals surface area contributed by atoms with Crippen LogP contribution in [0.1, 0.15) is 31.7 Å². The predicted molar refractivity (Wildman–Crippen MR) is 80.6 cm³/mol. The van der Waals surface area contributed by atoms with Crippen molar-refractivity contribution in [2.45, 2.75) is 26.2 Å². The van der Waals surface area contributed by atoms with E-state index in [1.165, 1.54) is 21.3 Å². The maximum atomic E-state index is 11.1. The topological polar surface area (TPSA) is 70.8 Å². The highest BCUT2D eigenvalue weighted by Crippen LogP contribution is 2.38. The van der Waals surface area contributed by atoms with E-state index in [4.69, 9.17) is 14.2 Å². The number of allylic oxidation sites excluding steroid dienone is 1. The summed E-state index contributed by atoms with van der Waals surface area (Å²) in [6.07, 6.45) is 3.65. The van der Waals surface area contributed by atoms with E-state index < -0.39 is 0 Å². The minimum absolute atomic E-state index is 0.172. The molecular weight excluding hydrogens is 274 g/mol. The van der Waals surface area contributed by atoms with Gasteiger partial charge >= 0.3 is 0 Å². The summed E-state index contributed by atoms with van der Waals surface area (Å²) in [5.74, 6) is 1.41. The average molecular weight is 295 g/mol. The molecule has 1 aromatic rings. The van der Waals surface area contributed by atoms with Crippen molar-refractivity contribution in [3.05, 3.63) is 33.5 Å². The molecule has 0 N–H and O–H groups in total. The number of methoxy groups -OCH3 is 3. The van der Waals surface area contributed by atoms with Crippen molar-refractivity contribution in [3.8, 4) is 17.2 Å². The summed E-state index contributed by atoms with van der Waals surface area (Å²) in [5, 5.41) is 11.1. The van der Waals surface area contributed by atoms with Gasteiger partial charge in [-0.15, -0.1) is 0 Å². The second-order valence-corrected chi connectivity index (χ2v) is 4.46. The van der Waals surface area contributed by atoms with E-state index in [9.17, 15) is 10.1 Å². The molecule has 0 aliphatic carbocycles. The van der Waals surface area contributed by atoms with Crippen LogP contribution in [0.3, 0.4) is 0 Å². The molecule has 21 heavy (non-hydrogen) atoms. The Morgan fingerprint density at radius 2 is 1.76 bits per heavy atom. The normalized spacial score (nSPS) is 11.1. The minimum Gasteiger partial charge on any atom is -0.493 e. The van der Waals surface area contributed by atoms with E-state index in [-0.39, 0.29) is 10.6 Å². The number of rotatable bonds is 8. The van der Waals surface area contributed by atoms with Gasteiger partial charge in [-0.2, -0.15) is 0 Å². The summed E-state index contributed by atoms with van der Waals surface area (Å²) >= 11 is 0. The zero-order valence-electron chi connectivity index (χ0n) is 12.8. The third kappa shape index (κ3) is 4.37. The highest BCUT2D eigenvalue weighted by Gasteiger charge is 2.15. The van der Waals surface area contributed by atoms with Gasteiger partial charge in [0.15, 0.2) is 11.5 Å². The molecule has 0 radical (unpaired) electrons. The van der Waals surface area contributed by atoms with Gasteiger partial charge in [-0.05, 0) is 24.1 Å². The van der Waals surface area contributed by atoms with Gasteiger partial charge in [-0.3, -0.25) is 10.1 Å². The number of benzene rings is 1. The fourth-order valence-electron chi connectivity index (χ4n) is 1.95. The van der Waals surface area contributed by atoms with E-state index in [0.717, 1.165) is 12.8 Å². The molecule has 0 aliphatic heterocycles. The number of nitrogens with zero attached hydrogens (tertiary/aromatic N) is 1. The predicted octanol–water partition coefficient (Wildman–Crippen LogP) is 3.52. The van der Waals surface area contributed by atoms with E-state index >= 15 is 0 Å². The van der Waals surface area contributed by atoms with Crippen LogP contribution in [0.5, 0.6) is 17.2 Å². The molecule has 0 spiro atoms. The largest absolute Gasteiger partial charge is 0.493 e. The molecule has 116 valence electrons. The van der Waals surface area contributed by atoms with Gasteiger partial charge in [-0.1, -0.05) is 13.3 Å². The molecule has 0 fully saturated rings. The Kier molecular flexibility index (Phi) is 6.52. The summed E-state index contributed by atoms with van der Waals surface area (Å²) < 4.78 is 15.7. The van der Waals surface area contributed by atoms with Crippen LogP contribution in [0, 0.1) is 10.1 Å². The zero-order chi connectivity index (χ0) is 15.8. The molecular formula is C15H21NO5. The van der Waals surface area contributed by atoms with Crippen LogP contribution in [0.25, 0.3) is 6.08 Å². The third-order valence-electron chi connectivity index (χ3n) is 3.04. The van der Waals surface area contributed by atoms with Crippen LogP contribution in [0.4, 0.5) is 0 Å². The average Bonchev–Trinajstić information content (AvgIpc) is 2.49. The maximum Gasteiger partial charge on any atom is 0.246 e. The second-order valence-electron chi connectivity index (χ2n) is 4.46. The van der Waals surface area contributed by atoms with Crippen molar-refractivity contribution in [2.75, 3.05) is 21.3 Å². The Morgan fingerprint density at radius 3 is 2.14 bits per heavy atom. The summed E-state index contributed by atoms with van der Waals surface area (Å²) in [4.78, 5) is 10.7. The van der Waals surface area contributed by atoms with Gasteiger partial charge in [0.05, 0.1) is 26.3 Å². The smallest absolute Gasteiger partial charge is 0.246 e. The Hall–Kier alpha value is -2.24. The zero-order valence-corrected chi connectivity index (χ0v) is 12.8. The van der Waals surface area contributed by atoms with Crippen LogP contribution in [-0.2, 0) is 0 Å². The van der Waals surface area contributed by atoms with Crippen molar-refractivity contribution in [2.24, 2.45) is 0 Å². The first-order chi connectivity index (χ1) is 10.1. The third-order valence-corrected chi connectivity index (χ3v) is 3.04. The number of nitro groups is 1. The van der Waals surface area contributed by atoms with Crippen molar-refractivity contribution in [1.29, 1.82) is 0 Å². The first-order valence-electron chi connectivity index (χ1n) is 6.72. The molecule has 0 aromatic heterocycles. The van der Waals surface area contributed by atoms with Gasteiger partial charge in [0.25, 0.3) is 0 Å². The Morgan fingerprint density at radius 1 is 1.19 bits per heavy atom. The molecule has 6 nitrogen and oxygen atoms in total. The van der Waals surface area contributed by atoms with Crippen LogP contribution in [0.2, 0.25) is 0 Å². The Bertz CT molecular complexity index is 500. The molecule has 0 aliphatic rings. The van der Waals surface area contributed by atoms with Crippen molar-refractivity contribution in [3.63, 3.8) is 0 Å². The maximum absolute atomic E-state index is 11.1. The quantitative estimate of drug-likeness (QED) is 0.542. The van der Waals surface area contributed by atoms with Gasteiger partial charge in [0, 0.05) is 12.5 Å². The van der Waals surface area contributed by atoms with E-state index in [1.54, 1.807) is 18.2 Å². The van der Waals surface area contributed by atoms with Gasteiger partial charge < -0.3 is 14.2 Å². The van der Waals surface area contributed by atoms with Crippen LogP contribution in [-0.4, -0.2) is 26.3 Å². The van der Waals surface area contributed by atoms with E-state index in [1.807, 2.05) is 6.92 Å². The van der Waals surface area contributed by atoms with Crippen molar-refractivity contribution >= 4 is 6.08 Å². The molecule has 0 saturated heterocycles. The monoisotopic (exact) mass is 295 g/mol. The van der Waals surface area contributed by atoms with E-state index in [2.05, 4.69) is 0 Å². The van der Waals surface area contributed by atoms with Gasteiger partial charge in [-0.25, -0.2) is 0 Å². The first-order valence-corrected chi connectivity index (χ1v) is 6.72. The van der Waals surface area contributed by atoms with Crippen LogP contribution >= 0.6 is 0 Å². The molecule has 6 heteroatoms. The van der Waals surface area contributed by atoms with Crippen molar-refractivity contribution < 1.29 is 19.1 Å². The second kappa shape index (κ2) is 8.14. The van der Waals surface area contributed by atoms with Gasteiger partial charge in [0.2, 0.25) is 11.4 Å². The van der Waals surface area contributed by atoms with Crippen LogP contribution in [0.15, 0.2) is 17.8 Å². The lowest BCUT2D eigenvalue weighted by atomic mass is 10.1. The molecule has 0 bridgehead atoms. The SMILES string of the molecule is CCCCC(=Cc1cc(OC)c(OC)c(OC)c1)[N+](=O)[O-]. The lowest BCUT2D eigenvalue weighted by Crippen LogP contribution is -1.99.